The fourth-order valence-electron chi connectivity index (χ4n) is 2.47. The van der Waals surface area contributed by atoms with Crippen LogP contribution < -0.4 is 11.1 Å². The summed E-state index contributed by atoms with van der Waals surface area (Å²) in [6.07, 6.45) is 3.42. The van der Waals surface area contributed by atoms with Crippen molar-refractivity contribution >= 4 is 11.6 Å². The van der Waals surface area contributed by atoms with Gasteiger partial charge in [0.05, 0.1) is 11.7 Å². The smallest absolute Gasteiger partial charge is 0.253 e. The Labute approximate surface area is 111 Å². The normalized spacial score (nSPS) is 23.1. The number of hydrogen-bond donors (Lipinski definition) is 3. The number of aliphatic hydroxyl groups excluding tert-OH is 1. The Hall–Kier alpha value is -1.62. The van der Waals surface area contributed by atoms with Gasteiger partial charge < -0.3 is 16.2 Å². The Morgan fingerprint density at radius 1 is 1.42 bits per heavy atom. The van der Waals surface area contributed by atoms with Crippen LogP contribution >= 0.6 is 0 Å². The summed E-state index contributed by atoms with van der Waals surface area (Å²) in [6.45, 7) is 0.399. The van der Waals surface area contributed by atoms with Crippen molar-refractivity contribution in [2.75, 3.05) is 12.3 Å². The molecule has 2 atom stereocenters. The van der Waals surface area contributed by atoms with E-state index in [9.17, 15) is 14.3 Å². The zero-order chi connectivity index (χ0) is 13.8. The average molecular weight is 266 g/mol. The predicted molar refractivity (Wildman–Crippen MR) is 71.1 cm³/mol. The highest BCUT2D eigenvalue weighted by atomic mass is 19.1. The lowest BCUT2D eigenvalue weighted by atomic mass is 9.86. The van der Waals surface area contributed by atoms with Gasteiger partial charge >= 0.3 is 0 Å². The van der Waals surface area contributed by atoms with E-state index in [2.05, 4.69) is 5.32 Å². The largest absolute Gasteiger partial charge is 0.398 e. The summed E-state index contributed by atoms with van der Waals surface area (Å²) in [4.78, 5) is 11.9. The maximum absolute atomic E-state index is 13.1. The number of amides is 1. The minimum absolute atomic E-state index is 0.0764. The number of rotatable bonds is 3. The van der Waals surface area contributed by atoms with Crippen molar-refractivity contribution in [2.45, 2.75) is 31.8 Å². The molecule has 0 spiro atoms. The highest BCUT2D eigenvalue weighted by Crippen LogP contribution is 2.23. The molecule has 4 nitrogen and oxygen atoms in total. The monoisotopic (exact) mass is 266 g/mol. The molecule has 1 saturated carbocycles. The fraction of sp³-hybridized carbons (Fsp3) is 0.500. The minimum Gasteiger partial charge on any atom is -0.398 e. The van der Waals surface area contributed by atoms with E-state index >= 15 is 0 Å². The Morgan fingerprint density at radius 2 is 2.16 bits per heavy atom. The molecule has 4 N–H and O–H groups in total. The molecule has 1 aliphatic carbocycles. The van der Waals surface area contributed by atoms with Crippen LogP contribution in [0.5, 0.6) is 0 Å². The predicted octanol–water partition coefficient (Wildman–Crippen LogP) is 1.69. The molecule has 1 fully saturated rings. The molecule has 1 aromatic rings. The molecule has 0 heterocycles. The van der Waals surface area contributed by atoms with Crippen molar-refractivity contribution in [2.24, 2.45) is 5.92 Å². The molecular formula is C14H19FN2O2. The van der Waals surface area contributed by atoms with E-state index in [0.717, 1.165) is 31.7 Å². The van der Waals surface area contributed by atoms with Crippen molar-refractivity contribution in [3.05, 3.63) is 29.6 Å². The number of carbonyl (C=O) groups excluding carboxylic acids is 1. The van der Waals surface area contributed by atoms with Crippen LogP contribution in [0.15, 0.2) is 18.2 Å². The average Bonchev–Trinajstić information content (AvgIpc) is 2.40. The van der Waals surface area contributed by atoms with Crippen molar-refractivity contribution < 1.29 is 14.3 Å². The topological polar surface area (TPSA) is 75.4 Å². The van der Waals surface area contributed by atoms with Gasteiger partial charge in [-0.05, 0) is 31.0 Å². The number of halogens is 1. The number of carbonyl (C=O) groups is 1. The van der Waals surface area contributed by atoms with Crippen LogP contribution in [0.25, 0.3) is 0 Å². The Balaban J connectivity index is 1.95. The van der Waals surface area contributed by atoms with Gasteiger partial charge in [0, 0.05) is 18.2 Å². The molecule has 0 aliphatic heterocycles. The minimum atomic E-state index is -0.489. The van der Waals surface area contributed by atoms with E-state index in [1.54, 1.807) is 0 Å². The molecule has 1 aromatic carbocycles. The molecule has 2 unspecified atom stereocenters. The molecule has 19 heavy (non-hydrogen) atoms. The molecule has 104 valence electrons. The molecule has 0 radical (unpaired) electrons. The molecule has 5 heteroatoms. The summed E-state index contributed by atoms with van der Waals surface area (Å²) in [6, 6.07) is 3.72. The van der Waals surface area contributed by atoms with Crippen molar-refractivity contribution in [3.8, 4) is 0 Å². The fourth-order valence-corrected chi connectivity index (χ4v) is 2.47. The summed E-state index contributed by atoms with van der Waals surface area (Å²) in [5.41, 5.74) is 6.05. The van der Waals surface area contributed by atoms with Crippen LogP contribution in [-0.4, -0.2) is 23.7 Å². The van der Waals surface area contributed by atoms with Gasteiger partial charge in [-0.25, -0.2) is 4.39 Å². The van der Waals surface area contributed by atoms with Gasteiger partial charge in [0.15, 0.2) is 0 Å². The highest BCUT2D eigenvalue weighted by molar-refractivity contribution is 5.99. The SMILES string of the molecule is Nc1ccc(F)cc1C(=O)NCC1CCCCC1O. The molecule has 1 amide bonds. The number of benzene rings is 1. The van der Waals surface area contributed by atoms with Gasteiger partial charge in [-0.2, -0.15) is 0 Å². The lowest BCUT2D eigenvalue weighted by molar-refractivity contribution is 0.0663. The number of hydrogen-bond acceptors (Lipinski definition) is 3. The van der Waals surface area contributed by atoms with Gasteiger partial charge in [-0.15, -0.1) is 0 Å². The van der Waals surface area contributed by atoms with E-state index in [0.29, 0.717) is 6.54 Å². The summed E-state index contributed by atoms with van der Waals surface area (Å²) >= 11 is 0. The van der Waals surface area contributed by atoms with Crippen LogP contribution in [0.4, 0.5) is 10.1 Å². The molecule has 0 bridgehead atoms. The third-order valence-electron chi connectivity index (χ3n) is 3.65. The van der Waals surface area contributed by atoms with E-state index in [-0.39, 0.29) is 23.3 Å². The number of nitrogen functional groups attached to an aromatic ring is 1. The lowest BCUT2D eigenvalue weighted by Crippen LogP contribution is -2.36. The Kier molecular flexibility index (Phi) is 4.37. The third kappa shape index (κ3) is 3.44. The van der Waals surface area contributed by atoms with Gasteiger partial charge in [0.2, 0.25) is 0 Å². The molecule has 1 aliphatic rings. The second-order valence-electron chi connectivity index (χ2n) is 5.05. The summed E-state index contributed by atoms with van der Waals surface area (Å²) in [5.74, 6) is -0.806. The van der Waals surface area contributed by atoms with Crippen LogP contribution in [-0.2, 0) is 0 Å². The number of anilines is 1. The third-order valence-corrected chi connectivity index (χ3v) is 3.65. The van der Waals surface area contributed by atoms with Gasteiger partial charge in [-0.1, -0.05) is 12.8 Å². The maximum atomic E-state index is 13.1. The van der Waals surface area contributed by atoms with Crippen LogP contribution in [0.3, 0.4) is 0 Å². The van der Waals surface area contributed by atoms with Gasteiger partial charge in [0.25, 0.3) is 5.91 Å². The van der Waals surface area contributed by atoms with Crippen LogP contribution in [0, 0.1) is 11.7 Å². The van der Waals surface area contributed by atoms with Crippen LogP contribution in [0.1, 0.15) is 36.0 Å². The molecule has 0 saturated heterocycles. The van der Waals surface area contributed by atoms with E-state index < -0.39 is 11.7 Å². The summed E-state index contributed by atoms with van der Waals surface area (Å²) in [5, 5.41) is 12.5. The second kappa shape index (κ2) is 6.02. The molecule has 0 aromatic heterocycles. The molecule has 2 rings (SSSR count). The summed E-state index contributed by atoms with van der Waals surface area (Å²) in [7, 11) is 0. The van der Waals surface area contributed by atoms with Crippen molar-refractivity contribution in [1.29, 1.82) is 0 Å². The number of nitrogens with two attached hydrogens (primary N) is 1. The first kappa shape index (κ1) is 13.8. The van der Waals surface area contributed by atoms with Crippen molar-refractivity contribution in [3.63, 3.8) is 0 Å². The first-order valence-corrected chi connectivity index (χ1v) is 6.59. The summed E-state index contributed by atoms with van der Waals surface area (Å²) < 4.78 is 13.1. The first-order valence-electron chi connectivity index (χ1n) is 6.59. The quantitative estimate of drug-likeness (QED) is 0.729. The van der Waals surface area contributed by atoms with E-state index in [4.69, 9.17) is 5.73 Å². The first-order chi connectivity index (χ1) is 9.08. The van der Waals surface area contributed by atoms with Gasteiger partial charge in [-0.3, -0.25) is 4.79 Å². The molecular weight excluding hydrogens is 247 g/mol. The van der Waals surface area contributed by atoms with Crippen molar-refractivity contribution in [1.82, 2.24) is 5.32 Å². The van der Waals surface area contributed by atoms with Crippen LogP contribution in [0.2, 0.25) is 0 Å². The Bertz CT molecular complexity index is 465. The highest BCUT2D eigenvalue weighted by Gasteiger charge is 2.23. The zero-order valence-electron chi connectivity index (χ0n) is 10.7. The van der Waals surface area contributed by atoms with E-state index in [1.807, 2.05) is 0 Å². The number of aliphatic hydroxyl groups is 1. The second-order valence-corrected chi connectivity index (χ2v) is 5.05. The Morgan fingerprint density at radius 3 is 2.89 bits per heavy atom. The van der Waals surface area contributed by atoms with Gasteiger partial charge in [0.1, 0.15) is 5.82 Å². The van der Waals surface area contributed by atoms with E-state index in [1.165, 1.54) is 12.1 Å². The lowest BCUT2D eigenvalue weighted by Gasteiger charge is -2.27. The maximum Gasteiger partial charge on any atom is 0.253 e. The standard InChI is InChI=1S/C14H19FN2O2/c15-10-5-6-12(16)11(7-10)14(19)17-8-9-3-1-2-4-13(9)18/h5-7,9,13,18H,1-4,8,16H2,(H,17,19). The number of nitrogens with one attached hydrogen (secondary N) is 1. The zero-order valence-corrected chi connectivity index (χ0v) is 10.7.